The second kappa shape index (κ2) is 5.13. The minimum Gasteiger partial charge on any atom is -0.395 e. The Labute approximate surface area is 128 Å². The first-order valence-electron chi connectivity index (χ1n) is 6.74. The highest BCUT2D eigenvalue weighted by molar-refractivity contribution is 6.31. The number of para-hydroxylation sites is 1. The van der Waals surface area contributed by atoms with Crippen molar-refractivity contribution < 1.29 is 5.11 Å². The molecule has 3 rings (SSSR count). The quantitative estimate of drug-likeness (QED) is 0.807. The predicted molar refractivity (Wildman–Crippen MR) is 84.0 cm³/mol. The van der Waals surface area contributed by atoms with Crippen molar-refractivity contribution in [2.24, 2.45) is 0 Å². The number of fused-ring (bicyclic) bond motifs is 1. The van der Waals surface area contributed by atoms with Gasteiger partial charge < -0.3 is 5.11 Å². The molecule has 0 aliphatic rings. The lowest BCUT2D eigenvalue weighted by Crippen LogP contribution is -2.24. The van der Waals surface area contributed by atoms with Gasteiger partial charge in [0.1, 0.15) is 11.0 Å². The van der Waals surface area contributed by atoms with E-state index in [1.165, 1.54) is 0 Å². The van der Waals surface area contributed by atoms with Gasteiger partial charge in [-0.2, -0.15) is 4.80 Å². The first-order valence-corrected chi connectivity index (χ1v) is 7.12. The van der Waals surface area contributed by atoms with Gasteiger partial charge in [0.25, 0.3) is 0 Å². The lowest BCUT2D eigenvalue weighted by molar-refractivity contribution is 0.218. The van der Waals surface area contributed by atoms with Crippen LogP contribution >= 0.6 is 11.6 Å². The minimum atomic E-state index is -0.367. The molecule has 0 bridgehead atoms. The highest BCUT2D eigenvalue weighted by Gasteiger charge is 2.24. The lowest BCUT2D eigenvalue weighted by Gasteiger charge is -2.24. The monoisotopic (exact) mass is 301 g/mol. The summed E-state index contributed by atoms with van der Waals surface area (Å²) in [6.07, 6.45) is 0. The molecule has 0 spiro atoms. The topological polar surface area (TPSA) is 50.9 Å². The molecular weight excluding hydrogens is 286 g/mol. The molecule has 108 valence electrons. The van der Waals surface area contributed by atoms with E-state index in [9.17, 15) is 5.11 Å². The summed E-state index contributed by atoms with van der Waals surface area (Å²) in [5.74, 6) is 0. The van der Waals surface area contributed by atoms with Crippen LogP contribution in [0.15, 0.2) is 42.5 Å². The van der Waals surface area contributed by atoms with E-state index in [1.54, 1.807) is 16.9 Å². The smallest absolute Gasteiger partial charge is 0.115 e. The van der Waals surface area contributed by atoms with E-state index in [-0.39, 0.29) is 12.0 Å². The van der Waals surface area contributed by atoms with Crippen molar-refractivity contribution in [2.45, 2.75) is 19.3 Å². The molecule has 0 saturated heterocycles. The maximum absolute atomic E-state index is 9.63. The Kier molecular flexibility index (Phi) is 3.43. The molecule has 1 aromatic heterocycles. The van der Waals surface area contributed by atoms with Crippen molar-refractivity contribution in [3.05, 3.63) is 53.1 Å². The lowest BCUT2D eigenvalue weighted by atomic mass is 9.84. The van der Waals surface area contributed by atoms with E-state index in [4.69, 9.17) is 11.6 Å². The Bertz CT molecular complexity index is 795. The summed E-state index contributed by atoms with van der Waals surface area (Å²) in [4.78, 5) is 1.60. The zero-order valence-corrected chi connectivity index (χ0v) is 12.7. The van der Waals surface area contributed by atoms with Gasteiger partial charge in [-0.25, -0.2) is 0 Å². The third-order valence-electron chi connectivity index (χ3n) is 3.59. The van der Waals surface area contributed by atoms with Crippen LogP contribution in [0.3, 0.4) is 0 Å². The molecule has 4 nitrogen and oxygen atoms in total. The van der Waals surface area contributed by atoms with Crippen LogP contribution in [0.1, 0.15) is 19.4 Å². The van der Waals surface area contributed by atoms with Crippen molar-refractivity contribution in [3.8, 4) is 5.69 Å². The summed E-state index contributed by atoms with van der Waals surface area (Å²) < 4.78 is 0. The number of hydrogen-bond donors (Lipinski definition) is 1. The number of aliphatic hydroxyl groups excluding tert-OH is 1. The normalized spacial score (nSPS) is 12.0. The summed E-state index contributed by atoms with van der Waals surface area (Å²) in [6.45, 7) is 4.04. The van der Waals surface area contributed by atoms with Gasteiger partial charge in [0.2, 0.25) is 0 Å². The van der Waals surface area contributed by atoms with Crippen LogP contribution in [0, 0.1) is 0 Å². The van der Waals surface area contributed by atoms with Gasteiger partial charge in [-0.15, -0.1) is 10.2 Å². The van der Waals surface area contributed by atoms with Crippen LogP contribution in [0.2, 0.25) is 5.02 Å². The molecule has 0 aliphatic carbocycles. The zero-order chi connectivity index (χ0) is 15.0. The summed E-state index contributed by atoms with van der Waals surface area (Å²) in [5.41, 5.74) is 3.03. The van der Waals surface area contributed by atoms with Crippen molar-refractivity contribution in [1.82, 2.24) is 15.0 Å². The minimum absolute atomic E-state index is 0.0522. The summed E-state index contributed by atoms with van der Waals surface area (Å²) in [6, 6.07) is 13.3. The van der Waals surface area contributed by atoms with Crippen molar-refractivity contribution in [3.63, 3.8) is 0 Å². The predicted octanol–water partition coefficient (Wildman–Crippen LogP) is 3.34. The number of benzene rings is 2. The number of hydrogen-bond acceptors (Lipinski definition) is 3. The maximum Gasteiger partial charge on any atom is 0.115 e. The highest BCUT2D eigenvalue weighted by atomic mass is 35.5. The van der Waals surface area contributed by atoms with Crippen LogP contribution in [0.25, 0.3) is 16.7 Å². The Balaban J connectivity index is 2.19. The first kappa shape index (κ1) is 14.0. The Morgan fingerprint density at radius 3 is 2.57 bits per heavy atom. The molecule has 0 fully saturated rings. The third kappa shape index (κ3) is 2.52. The number of aromatic nitrogens is 3. The summed E-state index contributed by atoms with van der Waals surface area (Å²) in [5, 5.41) is 19.3. The van der Waals surface area contributed by atoms with Gasteiger partial charge >= 0.3 is 0 Å². The van der Waals surface area contributed by atoms with Crippen LogP contribution < -0.4 is 0 Å². The van der Waals surface area contributed by atoms with Gasteiger partial charge in [-0.05, 0) is 29.8 Å². The molecule has 21 heavy (non-hydrogen) atoms. The molecule has 3 aromatic rings. The van der Waals surface area contributed by atoms with Crippen molar-refractivity contribution in [2.75, 3.05) is 6.61 Å². The molecule has 2 aromatic carbocycles. The second-order valence-electron chi connectivity index (χ2n) is 5.68. The third-order valence-corrected chi connectivity index (χ3v) is 3.82. The van der Waals surface area contributed by atoms with E-state index in [0.29, 0.717) is 5.02 Å². The van der Waals surface area contributed by atoms with Crippen molar-refractivity contribution in [1.29, 1.82) is 0 Å². The van der Waals surface area contributed by atoms with Crippen LogP contribution in [0.5, 0.6) is 0 Å². The van der Waals surface area contributed by atoms with E-state index in [2.05, 4.69) is 10.2 Å². The molecule has 0 aliphatic heterocycles. The fourth-order valence-corrected chi connectivity index (χ4v) is 2.47. The summed E-state index contributed by atoms with van der Waals surface area (Å²) in [7, 11) is 0. The summed E-state index contributed by atoms with van der Waals surface area (Å²) >= 11 is 5.99. The fourth-order valence-electron chi connectivity index (χ4n) is 2.30. The van der Waals surface area contributed by atoms with Crippen LogP contribution in [-0.4, -0.2) is 26.7 Å². The molecule has 0 radical (unpaired) electrons. The number of aliphatic hydroxyl groups is 1. The van der Waals surface area contributed by atoms with Gasteiger partial charge in [0, 0.05) is 10.4 Å². The Hall–Kier alpha value is -1.91. The Morgan fingerprint density at radius 1 is 1.10 bits per heavy atom. The molecule has 1 heterocycles. The van der Waals surface area contributed by atoms with Gasteiger partial charge in [-0.3, -0.25) is 0 Å². The number of halogens is 1. The van der Waals surface area contributed by atoms with E-state index in [0.717, 1.165) is 22.3 Å². The molecular formula is C16H16ClN3O. The Morgan fingerprint density at radius 2 is 1.81 bits per heavy atom. The van der Waals surface area contributed by atoms with Crippen LogP contribution in [-0.2, 0) is 5.41 Å². The highest BCUT2D eigenvalue weighted by Crippen LogP contribution is 2.28. The standard InChI is InChI=1S/C16H16ClN3O/c1-16(2,10-21)12-5-3-4-6-15(12)20-18-13-8-7-11(17)9-14(13)19-20/h3-9,21H,10H2,1-2H3. The van der Waals surface area contributed by atoms with E-state index >= 15 is 0 Å². The largest absolute Gasteiger partial charge is 0.395 e. The molecule has 0 saturated carbocycles. The molecule has 5 heteroatoms. The van der Waals surface area contributed by atoms with Gasteiger partial charge in [-0.1, -0.05) is 43.6 Å². The van der Waals surface area contributed by atoms with Gasteiger partial charge in [0.05, 0.1) is 12.3 Å². The molecule has 1 N–H and O–H groups in total. The number of rotatable bonds is 3. The molecule has 0 atom stereocenters. The molecule has 0 unspecified atom stereocenters. The average Bonchev–Trinajstić information content (AvgIpc) is 2.90. The first-order chi connectivity index (χ1) is 10.0. The van der Waals surface area contributed by atoms with Gasteiger partial charge in [0.15, 0.2) is 0 Å². The van der Waals surface area contributed by atoms with E-state index < -0.39 is 0 Å². The second-order valence-corrected chi connectivity index (χ2v) is 6.12. The number of nitrogens with zero attached hydrogens (tertiary/aromatic N) is 3. The SMILES string of the molecule is CC(C)(CO)c1ccccc1-n1nc2ccc(Cl)cc2n1. The van der Waals surface area contributed by atoms with Crippen LogP contribution in [0.4, 0.5) is 0 Å². The fraction of sp³-hybridized carbons (Fsp3) is 0.250. The van der Waals surface area contributed by atoms with E-state index in [1.807, 2.05) is 44.2 Å². The molecule has 0 amide bonds. The van der Waals surface area contributed by atoms with Crippen molar-refractivity contribution >= 4 is 22.6 Å². The average molecular weight is 302 g/mol. The zero-order valence-electron chi connectivity index (χ0n) is 11.9. The maximum atomic E-state index is 9.63.